The lowest BCUT2D eigenvalue weighted by molar-refractivity contribution is -0.141. The van der Waals surface area contributed by atoms with Gasteiger partial charge in [-0.25, -0.2) is 9.78 Å². The van der Waals surface area contributed by atoms with Crippen LogP contribution in [-0.4, -0.2) is 27.5 Å². The minimum Gasteiger partial charge on any atom is -0.480 e. The number of amides is 1. The topological polar surface area (TPSA) is 105 Å². The van der Waals surface area contributed by atoms with E-state index in [4.69, 9.17) is 10.8 Å². The number of carboxylic acid groups (broad SMARTS) is 1. The van der Waals surface area contributed by atoms with Gasteiger partial charge in [0.05, 0.1) is 5.56 Å². The number of fused-ring (bicyclic) bond motifs is 1. The number of rotatable bonds is 4. The van der Waals surface area contributed by atoms with Gasteiger partial charge >= 0.3 is 5.97 Å². The second-order valence-corrected chi connectivity index (χ2v) is 5.26. The predicted octanol–water partition coefficient (Wildman–Crippen LogP) is 0.944. The molecule has 1 aromatic heterocycles. The molecule has 0 bridgehead atoms. The van der Waals surface area contributed by atoms with Crippen molar-refractivity contribution >= 4 is 17.7 Å². The van der Waals surface area contributed by atoms with Crippen molar-refractivity contribution in [2.24, 2.45) is 5.73 Å². The summed E-state index contributed by atoms with van der Waals surface area (Å²) in [5.74, 6) is -1.38. The van der Waals surface area contributed by atoms with Crippen LogP contribution in [0.3, 0.4) is 0 Å². The van der Waals surface area contributed by atoms with Gasteiger partial charge in [0.1, 0.15) is 11.4 Å². The first-order chi connectivity index (χ1) is 8.81. The molecule has 1 amide bonds. The zero-order valence-electron chi connectivity index (χ0n) is 11.0. The first-order valence-corrected chi connectivity index (χ1v) is 6.15. The fraction of sp³-hybridized carbons (Fsp3) is 0.462. The van der Waals surface area contributed by atoms with Gasteiger partial charge in [-0.1, -0.05) is 0 Å². The van der Waals surface area contributed by atoms with Crippen molar-refractivity contribution in [1.82, 2.24) is 4.98 Å². The number of pyridine rings is 1. The molecule has 6 nitrogen and oxygen atoms in total. The van der Waals surface area contributed by atoms with E-state index >= 15 is 0 Å². The number of aryl methyl sites for hydroxylation is 2. The van der Waals surface area contributed by atoms with E-state index in [1.807, 2.05) is 0 Å². The number of nitrogens with two attached hydrogens (primary N) is 1. The van der Waals surface area contributed by atoms with Crippen LogP contribution < -0.4 is 11.1 Å². The van der Waals surface area contributed by atoms with Crippen molar-refractivity contribution in [3.63, 3.8) is 0 Å². The summed E-state index contributed by atoms with van der Waals surface area (Å²) < 4.78 is 0. The Bertz CT molecular complexity index is 552. The standard InChI is InChI=1S/C13H17N3O3/c1-13(2,12(18)19)16-11-8(10(14)17)6-7-4-3-5-9(7)15-11/h6H,3-5H2,1-2H3,(H2,14,17)(H,15,16)(H,18,19). The van der Waals surface area contributed by atoms with E-state index in [1.165, 1.54) is 13.8 Å². The minimum atomic E-state index is -1.22. The summed E-state index contributed by atoms with van der Waals surface area (Å²) in [6.45, 7) is 3.02. The number of carbonyl (C=O) groups is 2. The molecule has 0 spiro atoms. The molecule has 1 aromatic rings. The Kier molecular flexibility index (Phi) is 3.18. The van der Waals surface area contributed by atoms with Crippen LogP contribution in [0.4, 0.5) is 5.82 Å². The highest BCUT2D eigenvalue weighted by atomic mass is 16.4. The van der Waals surface area contributed by atoms with Gasteiger partial charge in [0.25, 0.3) is 5.91 Å². The number of primary amides is 1. The maximum atomic E-state index is 11.5. The summed E-state index contributed by atoms with van der Waals surface area (Å²) in [5.41, 5.74) is 6.30. The van der Waals surface area contributed by atoms with E-state index in [0.29, 0.717) is 0 Å². The van der Waals surface area contributed by atoms with Crippen molar-refractivity contribution in [3.05, 3.63) is 22.9 Å². The highest BCUT2D eigenvalue weighted by Crippen LogP contribution is 2.26. The van der Waals surface area contributed by atoms with Gasteiger partial charge in [-0.05, 0) is 44.7 Å². The first kappa shape index (κ1) is 13.3. The zero-order chi connectivity index (χ0) is 14.2. The maximum absolute atomic E-state index is 11.5. The summed E-state index contributed by atoms with van der Waals surface area (Å²) in [6, 6.07) is 1.72. The number of carboxylic acids is 1. The van der Waals surface area contributed by atoms with Gasteiger partial charge in [-0.15, -0.1) is 0 Å². The third kappa shape index (κ3) is 2.52. The van der Waals surface area contributed by atoms with Crippen molar-refractivity contribution in [1.29, 1.82) is 0 Å². The molecule has 1 heterocycles. The number of aliphatic carboxylic acids is 1. The number of aromatic nitrogens is 1. The number of hydrogen-bond acceptors (Lipinski definition) is 4. The van der Waals surface area contributed by atoms with Crippen molar-refractivity contribution in [2.75, 3.05) is 5.32 Å². The third-order valence-electron chi connectivity index (χ3n) is 3.28. The van der Waals surface area contributed by atoms with Gasteiger partial charge in [-0.2, -0.15) is 0 Å². The van der Waals surface area contributed by atoms with E-state index in [0.717, 1.165) is 30.5 Å². The van der Waals surface area contributed by atoms with Crippen LogP contribution in [0.15, 0.2) is 6.07 Å². The molecule has 0 fully saturated rings. The molecule has 0 saturated heterocycles. The largest absolute Gasteiger partial charge is 0.480 e. The van der Waals surface area contributed by atoms with Crippen LogP contribution >= 0.6 is 0 Å². The Labute approximate surface area is 111 Å². The maximum Gasteiger partial charge on any atom is 0.328 e. The number of hydrogen-bond donors (Lipinski definition) is 3. The Balaban J connectivity index is 2.44. The van der Waals surface area contributed by atoms with Crippen molar-refractivity contribution < 1.29 is 14.7 Å². The predicted molar refractivity (Wildman–Crippen MR) is 70.1 cm³/mol. The summed E-state index contributed by atoms with van der Waals surface area (Å²) in [7, 11) is 0. The van der Waals surface area contributed by atoms with Crippen LogP contribution in [-0.2, 0) is 17.6 Å². The molecule has 0 aromatic carbocycles. The molecule has 19 heavy (non-hydrogen) atoms. The number of carbonyl (C=O) groups excluding carboxylic acids is 1. The van der Waals surface area contributed by atoms with E-state index < -0.39 is 17.4 Å². The third-order valence-corrected chi connectivity index (χ3v) is 3.28. The lowest BCUT2D eigenvalue weighted by Crippen LogP contribution is -2.41. The molecular formula is C13H17N3O3. The molecule has 4 N–H and O–H groups in total. The fourth-order valence-electron chi connectivity index (χ4n) is 2.10. The van der Waals surface area contributed by atoms with Crippen LogP contribution in [0.25, 0.3) is 0 Å². The molecule has 1 aliphatic rings. The first-order valence-electron chi connectivity index (χ1n) is 6.15. The molecule has 0 unspecified atom stereocenters. The lowest BCUT2D eigenvalue weighted by atomic mass is 10.0. The Hall–Kier alpha value is -2.11. The fourth-order valence-corrected chi connectivity index (χ4v) is 2.10. The summed E-state index contributed by atoms with van der Waals surface area (Å²) in [4.78, 5) is 27.0. The molecule has 0 saturated carbocycles. The van der Waals surface area contributed by atoms with Crippen LogP contribution in [0, 0.1) is 0 Å². The van der Waals surface area contributed by atoms with Gasteiger partial charge in [0.15, 0.2) is 0 Å². The van der Waals surface area contributed by atoms with Gasteiger partial charge < -0.3 is 16.2 Å². The van der Waals surface area contributed by atoms with Gasteiger partial charge in [-0.3, -0.25) is 4.79 Å². The second kappa shape index (κ2) is 4.53. The molecule has 102 valence electrons. The molecular weight excluding hydrogens is 246 g/mol. The van der Waals surface area contributed by atoms with Crippen LogP contribution in [0.2, 0.25) is 0 Å². The highest BCUT2D eigenvalue weighted by molar-refractivity contribution is 5.98. The molecule has 0 atom stereocenters. The highest BCUT2D eigenvalue weighted by Gasteiger charge is 2.29. The second-order valence-electron chi connectivity index (χ2n) is 5.26. The van der Waals surface area contributed by atoms with E-state index in [-0.39, 0.29) is 11.4 Å². The van der Waals surface area contributed by atoms with Crippen LogP contribution in [0.1, 0.15) is 41.9 Å². The normalized spacial score (nSPS) is 14.0. The summed E-state index contributed by atoms with van der Waals surface area (Å²) in [6.07, 6.45) is 2.72. The van der Waals surface area contributed by atoms with E-state index in [9.17, 15) is 9.59 Å². The van der Waals surface area contributed by atoms with Crippen LogP contribution in [0.5, 0.6) is 0 Å². The monoisotopic (exact) mass is 263 g/mol. The van der Waals surface area contributed by atoms with Crippen molar-refractivity contribution in [3.8, 4) is 0 Å². The number of nitrogens with one attached hydrogen (secondary N) is 1. The Morgan fingerprint density at radius 3 is 2.68 bits per heavy atom. The number of nitrogens with zero attached hydrogens (tertiary/aromatic N) is 1. The van der Waals surface area contributed by atoms with Gasteiger partial charge in [0, 0.05) is 5.69 Å². The SMILES string of the molecule is CC(C)(Nc1nc2c(cc1C(N)=O)CCC2)C(=O)O. The Morgan fingerprint density at radius 1 is 1.42 bits per heavy atom. The smallest absolute Gasteiger partial charge is 0.328 e. The molecule has 0 radical (unpaired) electrons. The lowest BCUT2D eigenvalue weighted by Gasteiger charge is -2.23. The average molecular weight is 263 g/mol. The molecule has 6 heteroatoms. The van der Waals surface area contributed by atoms with Crippen molar-refractivity contribution in [2.45, 2.75) is 38.6 Å². The summed E-state index contributed by atoms with van der Waals surface area (Å²) >= 11 is 0. The van der Waals surface area contributed by atoms with E-state index in [2.05, 4.69) is 10.3 Å². The van der Waals surface area contributed by atoms with Gasteiger partial charge in [0.2, 0.25) is 0 Å². The quantitative estimate of drug-likeness (QED) is 0.749. The average Bonchev–Trinajstić information content (AvgIpc) is 2.73. The van der Waals surface area contributed by atoms with E-state index in [1.54, 1.807) is 6.07 Å². The zero-order valence-corrected chi connectivity index (χ0v) is 11.0. The molecule has 0 aliphatic heterocycles. The summed E-state index contributed by atoms with van der Waals surface area (Å²) in [5, 5.41) is 11.9. The minimum absolute atomic E-state index is 0.245. The molecule has 2 rings (SSSR count). The Morgan fingerprint density at radius 2 is 2.11 bits per heavy atom. The molecule has 1 aliphatic carbocycles. The number of anilines is 1.